The van der Waals surface area contributed by atoms with Crippen LogP contribution in [0.15, 0.2) is 24.3 Å². The number of pyridine rings is 1. The molecule has 0 atom stereocenters. The Bertz CT molecular complexity index is 1000. The van der Waals surface area contributed by atoms with Gasteiger partial charge in [0.25, 0.3) is 6.43 Å². The quantitative estimate of drug-likeness (QED) is 0.663. The second-order valence-corrected chi connectivity index (χ2v) is 6.20. The minimum absolute atomic E-state index is 0.243. The number of methoxy groups -OCH3 is 1. The minimum Gasteiger partial charge on any atom is -0.465 e. The normalized spacial score (nSPS) is 13.9. The van der Waals surface area contributed by atoms with E-state index in [0.717, 1.165) is 23.1 Å². The monoisotopic (exact) mass is 374 g/mol. The molecule has 1 saturated carbocycles. The molecule has 140 valence electrons. The predicted molar refractivity (Wildman–Crippen MR) is 90.6 cm³/mol. The van der Waals surface area contributed by atoms with E-state index in [1.807, 2.05) is 0 Å². The molecule has 3 heterocycles. The lowest BCUT2D eigenvalue weighted by Crippen LogP contribution is -2.11. The van der Waals surface area contributed by atoms with Crippen molar-refractivity contribution in [1.29, 1.82) is 0 Å². The zero-order valence-corrected chi connectivity index (χ0v) is 14.4. The van der Waals surface area contributed by atoms with Gasteiger partial charge in [-0.2, -0.15) is 4.52 Å². The van der Waals surface area contributed by atoms with Crippen molar-refractivity contribution in [2.45, 2.75) is 31.7 Å². The van der Waals surface area contributed by atoms with Gasteiger partial charge in [0.1, 0.15) is 5.82 Å². The number of fused-ring (bicyclic) bond motifs is 1. The van der Waals surface area contributed by atoms with Crippen LogP contribution in [0.2, 0.25) is 0 Å². The third kappa shape index (κ3) is 3.42. The molecule has 0 aliphatic heterocycles. The van der Waals surface area contributed by atoms with E-state index in [2.05, 4.69) is 25.6 Å². The number of hydrogen-bond donors (Lipinski definition) is 1. The van der Waals surface area contributed by atoms with Crippen molar-refractivity contribution in [2.24, 2.45) is 0 Å². The number of aromatic nitrogens is 5. The first-order chi connectivity index (χ1) is 13.1. The molecule has 8 nitrogen and oxygen atoms in total. The van der Waals surface area contributed by atoms with Gasteiger partial charge < -0.3 is 10.1 Å². The van der Waals surface area contributed by atoms with Crippen LogP contribution in [0.3, 0.4) is 0 Å². The molecule has 1 aliphatic rings. The van der Waals surface area contributed by atoms with Crippen LogP contribution in [0, 0.1) is 0 Å². The fraction of sp³-hybridized carbons (Fsp3) is 0.353. The molecule has 4 rings (SSSR count). The highest BCUT2D eigenvalue weighted by Crippen LogP contribution is 2.40. The topological polar surface area (TPSA) is 94.3 Å². The van der Waals surface area contributed by atoms with Crippen LogP contribution in [-0.2, 0) is 11.3 Å². The van der Waals surface area contributed by atoms with Crippen molar-refractivity contribution in [1.82, 2.24) is 24.8 Å². The molecule has 0 amide bonds. The van der Waals surface area contributed by atoms with Crippen LogP contribution in [-0.4, -0.2) is 37.9 Å². The predicted octanol–water partition coefficient (Wildman–Crippen LogP) is 2.73. The highest BCUT2D eigenvalue weighted by atomic mass is 19.3. The summed E-state index contributed by atoms with van der Waals surface area (Å²) >= 11 is 0. The van der Waals surface area contributed by atoms with Crippen LogP contribution in [0.1, 0.15) is 52.8 Å². The van der Waals surface area contributed by atoms with E-state index in [-0.39, 0.29) is 11.6 Å². The SMILES string of the molecule is COC(=O)c1ccc(CNc2ccc3nnc(C(F)F)n3n2)nc1C1CC1. The first-order valence-electron chi connectivity index (χ1n) is 8.39. The molecular formula is C17H16F2N6O2. The van der Waals surface area contributed by atoms with Crippen molar-refractivity contribution in [3.05, 3.63) is 47.0 Å². The van der Waals surface area contributed by atoms with Crippen LogP contribution >= 0.6 is 0 Å². The highest BCUT2D eigenvalue weighted by Gasteiger charge is 2.30. The Balaban J connectivity index is 1.55. The molecule has 1 N–H and O–H groups in total. The number of nitrogens with zero attached hydrogens (tertiary/aromatic N) is 5. The van der Waals surface area contributed by atoms with Crippen molar-refractivity contribution in [2.75, 3.05) is 12.4 Å². The second-order valence-electron chi connectivity index (χ2n) is 6.20. The van der Waals surface area contributed by atoms with E-state index in [0.29, 0.717) is 23.6 Å². The van der Waals surface area contributed by atoms with E-state index in [1.165, 1.54) is 7.11 Å². The van der Waals surface area contributed by atoms with Crippen molar-refractivity contribution in [3.63, 3.8) is 0 Å². The summed E-state index contributed by atoms with van der Waals surface area (Å²) in [5.74, 6) is -0.247. The average molecular weight is 374 g/mol. The van der Waals surface area contributed by atoms with Crippen molar-refractivity contribution >= 4 is 17.4 Å². The minimum atomic E-state index is -2.77. The van der Waals surface area contributed by atoms with Gasteiger partial charge in [0.2, 0.25) is 5.82 Å². The largest absolute Gasteiger partial charge is 0.465 e. The summed E-state index contributed by atoms with van der Waals surface area (Å²) in [4.78, 5) is 16.5. The van der Waals surface area contributed by atoms with Gasteiger partial charge in [-0.1, -0.05) is 0 Å². The summed E-state index contributed by atoms with van der Waals surface area (Å²) in [7, 11) is 1.34. The van der Waals surface area contributed by atoms with E-state index < -0.39 is 18.2 Å². The van der Waals surface area contributed by atoms with Crippen LogP contribution in [0.4, 0.5) is 14.6 Å². The standard InChI is InChI=1S/C17H16F2N6O2/c1-27-17(26)11-5-4-10(21-14(11)9-2-3-9)8-20-12-6-7-13-22-23-16(15(18)19)25(13)24-12/h4-7,9,15H,2-3,8H2,1H3,(H,20,24). The maximum atomic E-state index is 12.9. The van der Waals surface area contributed by atoms with Gasteiger partial charge in [0.05, 0.1) is 30.6 Å². The lowest BCUT2D eigenvalue weighted by atomic mass is 10.1. The molecule has 0 spiro atoms. The van der Waals surface area contributed by atoms with E-state index in [4.69, 9.17) is 4.74 Å². The number of carbonyl (C=O) groups is 1. The molecular weight excluding hydrogens is 358 g/mol. The molecule has 0 radical (unpaired) electrons. The zero-order chi connectivity index (χ0) is 19.0. The van der Waals surface area contributed by atoms with E-state index in [9.17, 15) is 13.6 Å². The lowest BCUT2D eigenvalue weighted by Gasteiger charge is -2.10. The Kier molecular flexibility index (Phi) is 4.38. The first kappa shape index (κ1) is 17.3. The summed E-state index contributed by atoms with van der Waals surface area (Å²) in [6, 6.07) is 6.61. The van der Waals surface area contributed by atoms with Gasteiger partial charge >= 0.3 is 5.97 Å². The molecule has 0 aromatic carbocycles. The van der Waals surface area contributed by atoms with Gasteiger partial charge in [0.15, 0.2) is 5.65 Å². The lowest BCUT2D eigenvalue weighted by molar-refractivity contribution is 0.0598. The molecule has 0 saturated heterocycles. The highest BCUT2D eigenvalue weighted by molar-refractivity contribution is 5.90. The van der Waals surface area contributed by atoms with Crippen molar-refractivity contribution in [3.8, 4) is 0 Å². The molecule has 3 aromatic rings. The average Bonchev–Trinajstić information content (AvgIpc) is 3.44. The third-order valence-electron chi connectivity index (χ3n) is 4.28. The molecule has 1 fully saturated rings. The summed E-state index contributed by atoms with van der Waals surface area (Å²) in [5.41, 5.74) is 2.18. The molecule has 0 bridgehead atoms. The molecule has 27 heavy (non-hydrogen) atoms. The molecule has 10 heteroatoms. The van der Waals surface area contributed by atoms with Gasteiger partial charge in [-0.05, 0) is 37.1 Å². The Hall–Kier alpha value is -3.17. The second kappa shape index (κ2) is 6.86. The number of carbonyl (C=O) groups excluding carboxylic acids is 1. The van der Waals surface area contributed by atoms with E-state index >= 15 is 0 Å². The number of ether oxygens (including phenoxy) is 1. The Labute approximate surface area is 152 Å². The number of halogens is 2. The van der Waals surface area contributed by atoms with Gasteiger partial charge in [-0.15, -0.1) is 15.3 Å². The number of esters is 1. The summed E-state index contributed by atoms with van der Waals surface area (Å²) in [5, 5.41) is 14.2. The third-order valence-corrected chi connectivity index (χ3v) is 4.28. The van der Waals surface area contributed by atoms with Crippen LogP contribution in [0.5, 0.6) is 0 Å². The maximum Gasteiger partial charge on any atom is 0.339 e. The summed E-state index contributed by atoms with van der Waals surface area (Å²) in [6.45, 7) is 0.325. The maximum absolute atomic E-state index is 12.9. The number of anilines is 1. The number of alkyl halides is 2. The fourth-order valence-corrected chi connectivity index (χ4v) is 2.78. The van der Waals surface area contributed by atoms with Crippen LogP contribution < -0.4 is 5.32 Å². The van der Waals surface area contributed by atoms with Gasteiger partial charge in [-0.3, -0.25) is 4.98 Å². The smallest absolute Gasteiger partial charge is 0.339 e. The van der Waals surface area contributed by atoms with Crippen LogP contribution in [0.25, 0.3) is 5.65 Å². The van der Waals surface area contributed by atoms with Gasteiger partial charge in [0, 0.05) is 5.92 Å². The summed E-state index contributed by atoms with van der Waals surface area (Å²) < 4.78 is 31.7. The fourth-order valence-electron chi connectivity index (χ4n) is 2.78. The zero-order valence-electron chi connectivity index (χ0n) is 14.4. The molecule has 0 unspecified atom stereocenters. The first-order valence-corrected chi connectivity index (χ1v) is 8.39. The Morgan fingerprint density at radius 2 is 2.11 bits per heavy atom. The number of nitrogens with one attached hydrogen (secondary N) is 1. The number of rotatable bonds is 6. The van der Waals surface area contributed by atoms with Crippen molar-refractivity contribution < 1.29 is 18.3 Å². The summed E-state index contributed by atoms with van der Waals surface area (Å²) in [6.07, 6.45) is -0.775. The molecule has 1 aliphatic carbocycles. The molecule has 3 aromatic heterocycles. The van der Waals surface area contributed by atoms with E-state index in [1.54, 1.807) is 24.3 Å². The Morgan fingerprint density at radius 1 is 1.30 bits per heavy atom. The number of hydrogen-bond acceptors (Lipinski definition) is 7. The van der Waals surface area contributed by atoms with Gasteiger partial charge in [-0.25, -0.2) is 13.6 Å². The Morgan fingerprint density at radius 3 is 2.81 bits per heavy atom.